The van der Waals surface area contributed by atoms with Gasteiger partial charge in [0.2, 0.25) is 0 Å². The third-order valence-electron chi connectivity index (χ3n) is 1.60. The average Bonchev–Trinajstić information content (AvgIpc) is 2.72. The molecule has 74 valence electrons. The maximum absolute atomic E-state index is 9.11. The summed E-state index contributed by atoms with van der Waals surface area (Å²) in [5.41, 5.74) is 0.464. The lowest BCUT2D eigenvalue weighted by Crippen LogP contribution is -1.93. The number of aromatic hydroxyl groups is 1. The van der Waals surface area contributed by atoms with Gasteiger partial charge in [-0.15, -0.1) is 0 Å². The van der Waals surface area contributed by atoms with E-state index in [-0.39, 0.29) is 12.5 Å². The van der Waals surface area contributed by atoms with Crippen LogP contribution in [0.1, 0.15) is 11.3 Å². The highest BCUT2D eigenvalue weighted by atomic mass is 16.5. The van der Waals surface area contributed by atoms with Crippen LogP contribution >= 0.6 is 0 Å². The van der Waals surface area contributed by atoms with Gasteiger partial charge in [-0.1, -0.05) is 0 Å². The molecule has 0 radical (unpaired) electrons. The van der Waals surface area contributed by atoms with Crippen LogP contribution in [0.4, 0.5) is 0 Å². The Kier molecular flexibility index (Phi) is 2.10. The molecular weight excluding hydrogens is 188 g/mol. The Morgan fingerprint density at radius 2 is 2.36 bits per heavy atom. The molecule has 0 fully saturated rings. The van der Waals surface area contributed by atoms with E-state index in [2.05, 4.69) is 14.8 Å². The third kappa shape index (κ3) is 1.68. The highest BCUT2D eigenvalue weighted by Gasteiger charge is 2.07. The Hall–Kier alpha value is -1.98. The Labute approximate surface area is 79.1 Å². The molecule has 0 amide bonds. The van der Waals surface area contributed by atoms with Crippen LogP contribution in [-0.4, -0.2) is 15.4 Å². The first kappa shape index (κ1) is 8.61. The van der Waals surface area contributed by atoms with E-state index >= 15 is 0 Å². The second kappa shape index (κ2) is 3.41. The van der Waals surface area contributed by atoms with Crippen molar-refractivity contribution >= 4 is 0 Å². The lowest BCUT2D eigenvalue weighted by atomic mass is 10.4. The van der Waals surface area contributed by atoms with Gasteiger partial charge in [-0.2, -0.15) is 0 Å². The van der Waals surface area contributed by atoms with Crippen molar-refractivity contribution in [3.63, 3.8) is 0 Å². The van der Waals surface area contributed by atoms with E-state index in [4.69, 9.17) is 14.4 Å². The molecule has 0 spiro atoms. The Morgan fingerprint density at radius 1 is 1.50 bits per heavy atom. The zero-order chi connectivity index (χ0) is 9.97. The van der Waals surface area contributed by atoms with Gasteiger partial charge in [0, 0.05) is 6.07 Å². The number of hydrogen-bond donors (Lipinski definition) is 1. The predicted molar refractivity (Wildman–Crippen MR) is 43.7 cm³/mol. The Bertz CT molecular complexity index is 420. The SMILES string of the molecule is Cc1cc(OCc2conc2O)no1. The van der Waals surface area contributed by atoms with Crippen LogP contribution in [0.2, 0.25) is 0 Å². The van der Waals surface area contributed by atoms with Gasteiger partial charge in [-0.25, -0.2) is 0 Å². The van der Waals surface area contributed by atoms with Gasteiger partial charge in [-0.05, 0) is 17.2 Å². The first-order chi connectivity index (χ1) is 6.75. The van der Waals surface area contributed by atoms with E-state index in [0.29, 0.717) is 17.2 Å². The average molecular weight is 196 g/mol. The number of aryl methyl sites for hydroxylation is 1. The summed E-state index contributed by atoms with van der Waals surface area (Å²) in [7, 11) is 0. The van der Waals surface area contributed by atoms with Crippen LogP contribution in [0.25, 0.3) is 0 Å². The standard InChI is InChI=1S/C8H8N2O4/c1-5-2-7(9-14-5)12-3-6-4-13-10-8(6)11/h2,4H,3H2,1H3,(H,10,11). The van der Waals surface area contributed by atoms with Gasteiger partial charge >= 0.3 is 0 Å². The van der Waals surface area contributed by atoms with Gasteiger partial charge in [0.1, 0.15) is 18.6 Å². The van der Waals surface area contributed by atoms with E-state index < -0.39 is 0 Å². The normalized spacial score (nSPS) is 10.4. The van der Waals surface area contributed by atoms with Crippen molar-refractivity contribution < 1.29 is 18.9 Å². The smallest absolute Gasteiger partial charge is 0.258 e. The number of ether oxygens (including phenoxy) is 1. The van der Waals surface area contributed by atoms with E-state index in [1.807, 2.05) is 0 Å². The molecule has 2 rings (SSSR count). The van der Waals surface area contributed by atoms with Crippen molar-refractivity contribution in [3.05, 3.63) is 23.7 Å². The molecule has 2 aromatic heterocycles. The molecule has 0 atom stereocenters. The second-order valence-corrected chi connectivity index (χ2v) is 2.73. The molecule has 0 aromatic carbocycles. The lowest BCUT2D eigenvalue weighted by Gasteiger charge is -1.97. The third-order valence-corrected chi connectivity index (χ3v) is 1.60. The van der Waals surface area contributed by atoms with E-state index in [1.165, 1.54) is 6.26 Å². The fraction of sp³-hybridized carbons (Fsp3) is 0.250. The van der Waals surface area contributed by atoms with Crippen molar-refractivity contribution in [1.82, 2.24) is 10.3 Å². The summed E-state index contributed by atoms with van der Waals surface area (Å²) in [4.78, 5) is 0. The molecule has 0 saturated heterocycles. The van der Waals surface area contributed by atoms with Gasteiger partial charge < -0.3 is 18.9 Å². The fourth-order valence-corrected chi connectivity index (χ4v) is 0.913. The highest BCUT2D eigenvalue weighted by molar-refractivity contribution is 5.19. The molecule has 6 heteroatoms. The predicted octanol–water partition coefficient (Wildman–Crippen LogP) is 1.26. The van der Waals surface area contributed by atoms with Gasteiger partial charge in [0.05, 0.1) is 5.56 Å². The van der Waals surface area contributed by atoms with Gasteiger partial charge in [-0.3, -0.25) is 0 Å². The van der Waals surface area contributed by atoms with E-state index in [9.17, 15) is 0 Å². The number of rotatable bonds is 3. The largest absolute Gasteiger partial charge is 0.491 e. The summed E-state index contributed by atoms with van der Waals surface area (Å²) in [5, 5.41) is 16.0. The highest BCUT2D eigenvalue weighted by Crippen LogP contribution is 2.17. The lowest BCUT2D eigenvalue weighted by molar-refractivity contribution is 0.263. The summed E-state index contributed by atoms with van der Waals surface area (Å²) >= 11 is 0. The molecule has 1 N–H and O–H groups in total. The summed E-state index contributed by atoms with van der Waals surface area (Å²) in [6, 6.07) is 1.64. The van der Waals surface area contributed by atoms with E-state index in [0.717, 1.165) is 0 Å². The quantitative estimate of drug-likeness (QED) is 0.795. The van der Waals surface area contributed by atoms with Crippen LogP contribution < -0.4 is 4.74 Å². The van der Waals surface area contributed by atoms with Crippen molar-refractivity contribution in [2.24, 2.45) is 0 Å². The molecule has 6 nitrogen and oxygen atoms in total. The van der Waals surface area contributed by atoms with Crippen LogP contribution in [0.5, 0.6) is 11.8 Å². The van der Waals surface area contributed by atoms with Crippen LogP contribution in [0.3, 0.4) is 0 Å². The molecule has 2 aromatic rings. The molecule has 0 bridgehead atoms. The summed E-state index contributed by atoms with van der Waals surface area (Å²) in [6.07, 6.45) is 1.31. The van der Waals surface area contributed by atoms with Crippen LogP contribution in [-0.2, 0) is 6.61 Å². The molecule has 14 heavy (non-hydrogen) atoms. The molecule has 0 saturated carbocycles. The van der Waals surface area contributed by atoms with Crippen molar-refractivity contribution in [1.29, 1.82) is 0 Å². The van der Waals surface area contributed by atoms with Crippen molar-refractivity contribution in [2.75, 3.05) is 0 Å². The molecular formula is C8H8N2O4. The summed E-state index contributed by atoms with van der Waals surface area (Å²) < 4.78 is 14.5. The van der Waals surface area contributed by atoms with Crippen molar-refractivity contribution in [3.8, 4) is 11.8 Å². The molecule has 2 heterocycles. The molecule has 0 aliphatic heterocycles. The number of aromatic nitrogens is 2. The first-order valence-electron chi connectivity index (χ1n) is 3.94. The number of hydrogen-bond acceptors (Lipinski definition) is 6. The van der Waals surface area contributed by atoms with Crippen LogP contribution in [0.15, 0.2) is 21.4 Å². The summed E-state index contributed by atoms with van der Waals surface area (Å²) in [6.45, 7) is 1.90. The zero-order valence-electron chi connectivity index (χ0n) is 7.43. The molecule has 0 aliphatic rings. The molecule has 0 unspecified atom stereocenters. The number of nitrogens with zero attached hydrogens (tertiary/aromatic N) is 2. The Balaban J connectivity index is 1.98. The van der Waals surface area contributed by atoms with E-state index in [1.54, 1.807) is 13.0 Å². The minimum absolute atomic E-state index is 0.140. The second-order valence-electron chi connectivity index (χ2n) is 2.73. The maximum Gasteiger partial charge on any atom is 0.258 e. The van der Waals surface area contributed by atoms with Crippen LogP contribution in [0, 0.1) is 6.92 Å². The fourth-order valence-electron chi connectivity index (χ4n) is 0.913. The van der Waals surface area contributed by atoms with Gasteiger partial charge in [0.15, 0.2) is 0 Å². The Morgan fingerprint density at radius 3 is 2.93 bits per heavy atom. The zero-order valence-corrected chi connectivity index (χ0v) is 7.43. The summed E-state index contributed by atoms with van der Waals surface area (Å²) in [5.74, 6) is 0.850. The monoisotopic (exact) mass is 196 g/mol. The minimum atomic E-state index is -0.176. The van der Waals surface area contributed by atoms with Gasteiger partial charge in [0.25, 0.3) is 11.8 Å². The first-order valence-corrected chi connectivity index (χ1v) is 3.94. The minimum Gasteiger partial charge on any atom is -0.491 e. The molecule has 0 aliphatic carbocycles. The topological polar surface area (TPSA) is 81.5 Å². The maximum atomic E-state index is 9.11. The van der Waals surface area contributed by atoms with Crippen molar-refractivity contribution in [2.45, 2.75) is 13.5 Å².